The van der Waals surface area contributed by atoms with E-state index in [1.165, 1.54) is 6.26 Å². The van der Waals surface area contributed by atoms with Gasteiger partial charge in [0, 0.05) is 35.8 Å². The first-order valence-corrected chi connectivity index (χ1v) is 10.3. The molecule has 0 saturated heterocycles. The predicted molar refractivity (Wildman–Crippen MR) is 112 cm³/mol. The summed E-state index contributed by atoms with van der Waals surface area (Å²) in [7, 11) is 1.83. The third-order valence-electron chi connectivity index (χ3n) is 6.01. The first kappa shape index (κ1) is 21.2. The minimum Gasteiger partial charge on any atom is -0.459 e. The highest BCUT2D eigenvalue weighted by molar-refractivity contribution is 5.93. The van der Waals surface area contributed by atoms with E-state index in [2.05, 4.69) is 10.3 Å². The highest BCUT2D eigenvalue weighted by Gasteiger charge is 2.34. The average Bonchev–Trinajstić information content (AvgIpc) is 3.18. The van der Waals surface area contributed by atoms with Crippen LogP contribution >= 0.6 is 0 Å². The predicted octanol–water partition coefficient (Wildman–Crippen LogP) is 5.33. The Morgan fingerprint density at radius 2 is 1.87 bits per heavy atom. The molecule has 5 nitrogen and oxygen atoms in total. The number of aromatic nitrogens is 1. The summed E-state index contributed by atoms with van der Waals surface area (Å²) in [6.45, 7) is 1.82. The Balaban J connectivity index is 1.49. The molecule has 1 aromatic carbocycles. The van der Waals surface area contributed by atoms with E-state index in [9.17, 15) is 18.0 Å². The number of nitrogens with zero attached hydrogens (tertiary/aromatic N) is 2. The number of nitrogens with one attached hydrogen (secondary N) is 1. The fourth-order valence-electron chi connectivity index (χ4n) is 4.25. The Hall–Kier alpha value is -3.03. The second-order valence-electron chi connectivity index (χ2n) is 8.06. The van der Waals surface area contributed by atoms with E-state index in [1.54, 1.807) is 30.3 Å². The molecule has 0 aliphatic heterocycles. The number of carbonyl (C=O) groups excluding carboxylic acids is 1. The number of anilines is 1. The number of amides is 1. The van der Waals surface area contributed by atoms with Gasteiger partial charge in [0.1, 0.15) is 5.69 Å². The summed E-state index contributed by atoms with van der Waals surface area (Å²) in [6.07, 6.45) is -0.00559. The van der Waals surface area contributed by atoms with Gasteiger partial charge in [-0.2, -0.15) is 13.2 Å². The fourth-order valence-corrected chi connectivity index (χ4v) is 4.25. The first-order valence-electron chi connectivity index (χ1n) is 10.3. The minimum atomic E-state index is -4.51. The molecule has 0 atom stereocenters. The van der Waals surface area contributed by atoms with Gasteiger partial charge in [-0.05, 0) is 50.8 Å². The van der Waals surface area contributed by atoms with Crippen LogP contribution in [0.5, 0.6) is 0 Å². The Labute approximate surface area is 178 Å². The molecule has 4 rings (SSSR count). The highest BCUT2D eigenvalue weighted by Crippen LogP contribution is 2.36. The van der Waals surface area contributed by atoms with Crippen LogP contribution < -0.4 is 10.2 Å². The summed E-state index contributed by atoms with van der Waals surface area (Å²) in [5, 5.41) is 3.71. The van der Waals surface area contributed by atoms with Crippen LogP contribution in [0.2, 0.25) is 0 Å². The second kappa shape index (κ2) is 8.24. The molecule has 0 spiro atoms. The summed E-state index contributed by atoms with van der Waals surface area (Å²) < 4.78 is 45.4. The molecule has 0 unspecified atom stereocenters. The van der Waals surface area contributed by atoms with Crippen molar-refractivity contribution in [1.29, 1.82) is 0 Å². The van der Waals surface area contributed by atoms with Crippen LogP contribution in [0.1, 0.15) is 47.5 Å². The lowest BCUT2D eigenvalue weighted by Crippen LogP contribution is -2.43. The van der Waals surface area contributed by atoms with Gasteiger partial charge in [-0.25, -0.2) is 4.98 Å². The molecule has 31 heavy (non-hydrogen) atoms. The zero-order chi connectivity index (χ0) is 22.2. The van der Waals surface area contributed by atoms with Gasteiger partial charge in [-0.15, -0.1) is 0 Å². The van der Waals surface area contributed by atoms with Crippen LogP contribution in [0.4, 0.5) is 18.9 Å². The van der Waals surface area contributed by atoms with Crippen LogP contribution in [0.25, 0.3) is 10.9 Å². The van der Waals surface area contributed by atoms with Crippen molar-refractivity contribution in [2.75, 3.05) is 11.9 Å². The average molecular weight is 431 g/mol. The van der Waals surface area contributed by atoms with Crippen molar-refractivity contribution >= 4 is 22.5 Å². The molecular formula is C23H24F3N3O2. The number of rotatable bonds is 4. The smallest absolute Gasteiger partial charge is 0.433 e. The first-order chi connectivity index (χ1) is 14.7. The van der Waals surface area contributed by atoms with Crippen LogP contribution in [0, 0.1) is 6.92 Å². The summed E-state index contributed by atoms with van der Waals surface area (Å²) in [6, 6.07) is 9.86. The molecule has 1 aliphatic rings. The van der Waals surface area contributed by atoms with Crippen LogP contribution in [0.3, 0.4) is 0 Å². The third-order valence-corrected chi connectivity index (χ3v) is 6.01. The zero-order valence-electron chi connectivity index (χ0n) is 17.4. The van der Waals surface area contributed by atoms with Gasteiger partial charge in [0.15, 0.2) is 5.76 Å². The Bertz CT molecular complexity index is 1090. The van der Waals surface area contributed by atoms with E-state index in [0.29, 0.717) is 22.4 Å². The van der Waals surface area contributed by atoms with E-state index >= 15 is 0 Å². The minimum absolute atomic E-state index is 0.0153. The molecule has 3 aromatic rings. The molecule has 0 radical (unpaired) electrons. The molecule has 0 bridgehead atoms. The molecule has 1 N–H and O–H groups in total. The van der Waals surface area contributed by atoms with Crippen LogP contribution in [-0.4, -0.2) is 30.0 Å². The summed E-state index contributed by atoms with van der Waals surface area (Å²) in [4.78, 5) is 18.1. The normalized spacial score (nSPS) is 19.4. The van der Waals surface area contributed by atoms with Gasteiger partial charge in [0.25, 0.3) is 5.91 Å². The lowest BCUT2D eigenvalue weighted by atomic mass is 9.89. The summed E-state index contributed by atoms with van der Waals surface area (Å²) in [5.41, 5.74) is 0.754. The van der Waals surface area contributed by atoms with Crippen LogP contribution in [0.15, 0.2) is 47.1 Å². The number of pyridine rings is 1. The van der Waals surface area contributed by atoms with Crippen molar-refractivity contribution in [2.24, 2.45) is 0 Å². The van der Waals surface area contributed by atoms with Gasteiger partial charge in [0.05, 0.1) is 11.8 Å². The molecule has 1 fully saturated rings. The van der Waals surface area contributed by atoms with E-state index < -0.39 is 11.9 Å². The van der Waals surface area contributed by atoms with Gasteiger partial charge in [0.2, 0.25) is 0 Å². The van der Waals surface area contributed by atoms with Crippen molar-refractivity contribution in [2.45, 2.75) is 50.9 Å². The van der Waals surface area contributed by atoms with E-state index in [0.717, 1.165) is 37.3 Å². The van der Waals surface area contributed by atoms with Gasteiger partial charge >= 0.3 is 6.18 Å². The molecule has 8 heteroatoms. The molecule has 164 valence electrons. The quantitative estimate of drug-likeness (QED) is 0.607. The van der Waals surface area contributed by atoms with Gasteiger partial charge in [-0.1, -0.05) is 18.2 Å². The maximum absolute atomic E-state index is 13.4. The maximum atomic E-state index is 13.4. The number of para-hydroxylation sites is 1. The number of alkyl halides is 3. The number of hydrogen-bond acceptors (Lipinski definition) is 4. The Morgan fingerprint density at radius 3 is 2.52 bits per heavy atom. The Morgan fingerprint density at radius 1 is 1.16 bits per heavy atom. The lowest BCUT2D eigenvalue weighted by Gasteiger charge is -2.36. The summed E-state index contributed by atoms with van der Waals surface area (Å²) in [5.74, 6) is 0.0939. The maximum Gasteiger partial charge on any atom is 0.433 e. The fraction of sp³-hybridized carbons (Fsp3) is 0.391. The molecular weight excluding hydrogens is 407 g/mol. The number of hydrogen-bond donors (Lipinski definition) is 1. The molecule has 1 amide bonds. The number of halogens is 3. The topological polar surface area (TPSA) is 58.4 Å². The second-order valence-corrected chi connectivity index (χ2v) is 8.06. The van der Waals surface area contributed by atoms with E-state index in [1.807, 2.05) is 18.9 Å². The number of carbonyl (C=O) groups is 1. The van der Waals surface area contributed by atoms with Gasteiger partial charge < -0.3 is 14.6 Å². The monoisotopic (exact) mass is 431 g/mol. The van der Waals surface area contributed by atoms with E-state index in [-0.39, 0.29) is 18.0 Å². The van der Waals surface area contributed by atoms with Crippen molar-refractivity contribution in [3.05, 3.63) is 59.7 Å². The SMILES string of the molecule is Cc1ccoc1C(=O)NC1CCC(N(C)c2cc(C(F)(F)F)nc3ccccc23)CC1. The number of benzene rings is 1. The Kier molecular flexibility index (Phi) is 5.64. The highest BCUT2D eigenvalue weighted by atomic mass is 19.4. The van der Waals surface area contributed by atoms with Gasteiger partial charge in [-0.3, -0.25) is 4.79 Å². The number of aryl methyl sites for hydroxylation is 1. The number of furan rings is 1. The van der Waals surface area contributed by atoms with Crippen molar-refractivity contribution in [1.82, 2.24) is 10.3 Å². The number of fused-ring (bicyclic) bond motifs is 1. The standard InChI is InChI=1S/C23H24F3N3O2/c1-14-11-12-31-21(14)22(30)27-15-7-9-16(10-8-15)29(2)19-13-20(23(24,25)26)28-18-6-4-3-5-17(18)19/h3-6,11-13,15-16H,7-10H2,1-2H3,(H,27,30). The third kappa shape index (κ3) is 4.38. The van der Waals surface area contributed by atoms with Crippen LogP contribution in [-0.2, 0) is 6.18 Å². The zero-order valence-corrected chi connectivity index (χ0v) is 17.4. The van der Waals surface area contributed by atoms with Crippen molar-refractivity contribution in [3.8, 4) is 0 Å². The largest absolute Gasteiger partial charge is 0.459 e. The molecule has 1 aliphatic carbocycles. The van der Waals surface area contributed by atoms with E-state index in [4.69, 9.17) is 4.42 Å². The molecule has 2 aromatic heterocycles. The van der Waals surface area contributed by atoms with Crippen molar-refractivity contribution in [3.63, 3.8) is 0 Å². The lowest BCUT2D eigenvalue weighted by molar-refractivity contribution is -0.140. The molecule has 2 heterocycles. The summed E-state index contributed by atoms with van der Waals surface area (Å²) >= 11 is 0. The molecule has 1 saturated carbocycles. The van der Waals surface area contributed by atoms with Crippen molar-refractivity contribution < 1.29 is 22.4 Å².